The van der Waals surface area contributed by atoms with Crippen molar-refractivity contribution in [2.24, 2.45) is 7.05 Å². The smallest absolute Gasteiger partial charge is 0.253 e. The molecule has 1 aliphatic heterocycles. The zero-order valence-electron chi connectivity index (χ0n) is 12.7. The maximum Gasteiger partial charge on any atom is 0.253 e. The Morgan fingerprint density at radius 2 is 2.23 bits per heavy atom. The summed E-state index contributed by atoms with van der Waals surface area (Å²) >= 11 is 0. The standard InChI is InChI=1S/C16H20N4O2/c1-20-10-13(8-18-20)14-9-17-11-16(14,22-2)19-15(21)12-6-4-3-5-7-12/h3-8,10,14,17H,9,11H2,1-2H3,(H,19,21)/t14-,16-/m0/s1. The molecule has 2 heterocycles. The normalized spacial score (nSPS) is 24.4. The van der Waals surface area contributed by atoms with E-state index in [1.165, 1.54) is 0 Å². The number of methoxy groups -OCH3 is 1. The van der Waals surface area contributed by atoms with Gasteiger partial charge in [-0.25, -0.2) is 0 Å². The molecular formula is C16H20N4O2. The fraction of sp³-hybridized carbons (Fsp3) is 0.375. The molecule has 2 atom stereocenters. The second kappa shape index (κ2) is 5.90. The number of benzene rings is 1. The summed E-state index contributed by atoms with van der Waals surface area (Å²) in [5.41, 5.74) is 0.897. The number of rotatable bonds is 4. The molecule has 0 aliphatic carbocycles. The van der Waals surface area contributed by atoms with Gasteiger partial charge in [0.25, 0.3) is 5.91 Å². The Bertz CT molecular complexity index is 655. The third-order valence-electron chi connectivity index (χ3n) is 4.15. The van der Waals surface area contributed by atoms with E-state index in [-0.39, 0.29) is 11.8 Å². The van der Waals surface area contributed by atoms with Gasteiger partial charge in [0.05, 0.1) is 6.20 Å². The maximum atomic E-state index is 12.5. The Hall–Kier alpha value is -2.18. The Kier molecular flexibility index (Phi) is 3.96. The lowest BCUT2D eigenvalue weighted by atomic mass is 9.93. The van der Waals surface area contributed by atoms with E-state index in [1.807, 2.05) is 37.6 Å². The number of aryl methyl sites for hydroxylation is 1. The average Bonchev–Trinajstić information content (AvgIpc) is 3.14. The number of aromatic nitrogens is 2. The van der Waals surface area contributed by atoms with Crippen molar-refractivity contribution in [3.05, 3.63) is 53.9 Å². The van der Waals surface area contributed by atoms with E-state index in [0.29, 0.717) is 12.1 Å². The second-order valence-electron chi connectivity index (χ2n) is 5.54. The first-order valence-corrected chi connectivity index (χ1v) is 7.26. The van der Waals surface area contributed by atoms with Crippen LogP contribution in [0.2, 0.25) is 0 Å². The van der Waals surface area contributed by atoms with E-state index >= 15 is 0 Å². The monoisotopic (exact) mass is 300 g/mol. The maximum absolute atomic E-state index is 12.5. The number of hydrogen-bond acceptors (Lipinski definition) is 4. The Balaban J connectivity index is 1.86. The first-order chi connectivity index (χ1) is 10.6. The van der Waals surface area contributed by atoms with Crippen molar-refractivity contribution in [1.82, 2.24) is 20.4 Å². The van der Waals surface area contributed by atoms with Gasteiger partial charge in [0.2, 0.25) is 0 Å². The van der Waals surface area contributed by atoms with Crippen LogP contribution in [0.25, 0.3) is 0 Å². The zero-order chi connectivity index (χ0) is 15.6. The molecule has 22 heavy (non-hydrogen) atoms. The number of hydrogen-bond donors (Lipinski definition) is 2. The van der Waals surface area contributed by atoms with Crippen molar-refractivity contribution in [2.45, 2.75) is 11.6 Å². The highest BCUT2D eigenvalue weighted by Gasteiger charge is 2.46. The molecule has 1 amide bonds. The van der Waals surface area contributed by atoms with Gasteiger partial charge in [-0.15, -0.1) is 0 Å². The van der Waals surface area contributed by atoms with Crippen LogP contribution < -0.4 is 10.6 Å². The highest BCUT2D eigenvalue weighted by atomic mass is 16.5. The van der Waals surface area contributed by atoms with E-state index in [9.17, 15) is 4.79 Å². The van der Waals surface area contributed by atoms with Gasteiger partial charge in [0.1, 0.15) is 0 Å². The van der Waals surface area contributed by atoms with E-state index in [4.69, 9.17) is 4.74 Å². The second-order valence-corrected chi connectivity index (χ2v) is 5.54. The highest BCUT2D eigenvalue weighted by Crippen LogP contribution is 2.32. The van der Waals surface area contributed by atoms with Crippen LogP contribution in [0.1, 0.15) is 21.8 Å². The van der Waals surface area contributed by atoms with E-state index < -0.39 is 5.72 Å². The molecule has 6 heteroatoms. The molecule has 1 aromatic carbocycles. The molecular weight excluding hydrogens is 280 g/mol. The van der Waals surface area contributed by atoms with Gasteiger partial charge in [-0.1, -0.05) is 18.2 Å². The largest absolute Gasteiger partial charge is 0.357 e. The van der Waals surface area contributed by atoms with Crippen molar-refractivity contribution in [3.8, 4) is 0 Å². The third kappa shape index (κ3) is 2.63. The predicted octanol–water partition coefficient (Wildman–Crippen LogP) is 0.880. The Morgan fingerprint density at radius 3 is 2.86 bits per heavy atom. The summed E-state index contributed by atoms with van der Waals surface area (Å²) in [6, 6.07) is 9.17. The Morgan fingerprint density at radius 1 is 1.45 bits per heavy atom. The topological polar surface area (TPSA) is 68.2 Å². The lowest BCUT2D eigenvalue weighted by Gasteiger charge is -2.33. The Labute approximate surface area is 129 Å². The van der Waals surface area contributed by atoms with E-state index in [2.05, 4.69) is 15.7 Å². The van der Waals surface area contributed by atoms with Crippen LogP contribution in [0.5, 0.6) is 0 Å². The first-order valence-electron chi connectivity index (χ1n) is 7.26. The number of carbonyl (C=O) groups excluding carboxylic acids is 1. The van der Waals surface area contributed by atoms with Gasteiger partial charge in [-0.05, 0) is 17.7 Å². The molecule has 0 unspecified atom stereocenters. The predicted molar refractivity (Wildman–Crippen MR) is 82.5 cm³/mol. The summed E-state index contributed by atoms with van der Waals surface area (Å²) in [5, 5.41) is 10.6. The first kappa shape index (κ1) is 14.7. The summed E-state index contributed by atoms with van der Waals surface area (Å²) in [7, 11) is 3.50. The summed E-state index contributed by atoms with van der Waals surface area (Å²) in [6.45, 7) is 1.29. The summed E-state index contributed by atoms with van der Waals surface area (Å²) in [6.07, 6.45) is 3.78. The van der Waals surface area contributed by atoms with Crippen molar-refractivity contribution in [2.75, 3.05) is 20.2 Å². The van der Waals surface area contributed by atoms with Gasteiger partial charge in [0, 0.05) is 44.9 Å². The lowest BCUT2D eigenvalue weighted by molar-refractivity contribution is -0.0299. The molecule has 6 nitrogen and oxygen atoms in total. The third-order valence-corrected chi connectivity index (χ3v) is 4.15. The summed E-state index contributed by atoms with van der Waals surface area (Å²) in [5.74, 6) is -0.126. The average molecular weight is 300 g/mol. The molecule has 1 saturated heterocycles. The van der Waals surface area contributed by atoms with Gasteiger partial charge in [-0.2, -0.15) is 5.10 Å². The number of carbonyl (C=O) groups is 1. The lowest BCUT2D eigenvalue weighted by Crippen LogP contribution is -2.54. The molecule has 116 valence electrons. The van der Waals surface area contributed by atoms with Crippen LogP contribution in [-0.2, 0) is 11.8 Å². The van der Waals surface area contributed by atoms with E-state index in [1.54, 1.807) is 23.9 Å². The molecule has 3 rings (SSSR count). The van der Waals surface area contributed by atoms with Gasteiger partial charge in [-0.3, -0.25) is 9.48 Å². The number of amides is 1. The van der Waals surface area contributed by atoms with Crippen LogP contribution in [-0.4, -0.2) is 41.6 Å². The molecule has 0 bridgehead atoms. The van der Waals surface area contributed by atoms with Crippen molar-refractivity contribution in [3.63, 3.8) is 0 Å². The fourth-order valence-electron chi connectivity index (χ4n) is 2.95. The number of nitrogens with one attached hydrogen (secondary N) is 2. The van der Waals surface area contributed by atoms with Crippen LogP contribution in [0.3, 0.4) is 0 Å². The summed E-state index contributed by atoms with van der Waals surface area (Å²) < 4.78 is 7.49. The molecule has 2 aromatic rings. The van der Waals surface area contributed by atoms with Gasteiger partial charge < -0.3 is 15.4 Å². The van der Waals surface area contributed by atoms with Crippen LogP contribution in [0.15, 0.2) is 42.7 Å². The molecule has 1 aromatic heterocycles. The highest BCUT2D eigenvalue weighted by molar-refractivity contribution is 5.94. The molecule has 1 fully saturated rings. The molecule has 2 N–H and O–H groups in total. The van der Waals surface area contributed by atoms with E-state index in [0.717, 1.165) is 12.1 Å². The SMILES string of the molecule is CO[C@@]1(NC(=O)c2ccccc2)CNC[C@H]1c1cnn(C)c1. The van der Waals surface area contributed by atoms with Crippen LogP contribution in [0.4, 0.5) is 0 Å². The van der Waals surface area contributed by atoms with Crippen LogP contribution >= 0.6 is 0 Å². The van der Waals surface area contributed by atoms with Crippen molar-refractivity contribution < 1.29 is 9.53 Å². The zero-order valence-corrected chi connectivity index (χ0v) is 12.7. The molecule has 1 aliphatic rings. The molecule has 0 spiro atoms. The minimum absolute atomic E-state index is 0.0128. The van der Waals surface area contributed by atoms with Crippen LogP contribution in [0, 0.1) is 0 Å². The van der Waals surface area contributed by atoms with Gasteiger partial charge >= 0.3 is 0 Å². The fourth-order valence-corrected chi connectivity index (χ4v) is 2.95. The number of ether oxygens (including phenoxy) is 1. The molecule has 0 saturated carbocycles. The quantitative estimate of drug-likeness (QED) is 0.823. The van der Waals surface area contributed by atoms with Crippen molar-refractivity contribution >= 4 is 5.91 Å². The molecule has 0 radical (unpaired) electrons. The van der Waals surface area contributed by atoms with Gasteiger partial charge in [0.15, 0.2) is 5.72 Å². The van der Waals surface area contributed by atoms with Crippen molar-refractivity contribution in [1.29, 1.82) is 0 Å². The summed E-state index contributed by atoms with van der Waals surface area (Å²) in [4.78, 5) is 12.5. The number of nitrogens with zero attached hydrogens (tertiary/aromatic N) is 2. The minimum Gasteiger partial charge on any atom is -0.357 e. The minimum atomic E-state index is -0.768.